The lowest BCUT2D eigenvalue weighted by atomic mass is 9.94. The SMILES string of the molecule is Cc1cc(C(C(=O)NC2CCCCC2)N(CCO)C(=O)C(CO)NC(=O)OC(C)(C)C)ccc1O. The molecule has 1 aliphatic rings. The summed E-state index contributed by atoms with van der Waals surface area (Å²) >= 11 is 0. The fourth-order valence-electron chi connectivity index (χ4n) is 4.16. The van der Waals surface area contributed by atoms with Gasteiger partial charge in [-0.25, -0.2) is 4.79 Å². The molecule has 2 rings (SSSR count). The number of aromatic hydroxyl groups is 1. The average molecular weight is 494 g/mol. The minimum atomic E-state index is -1.39. The summed E-state index contributed by atoms with van der Waals surface area (Å²) in [5.74, 6) is -1.14. The molecule has 0 aromatic heterocycles. The summed E-state index contributed by atoms with van der Waals surface area (Å²) in [7, 11) is 0. The Morgan fingerprint density at radius 3 is 2.34 bits per heavy atom. The lowest BCUT2D eigenvalue weighted by molar-refractivity contribution is -0.144. The summed E-state index contributed by atoms with van der Waals surface area (Å²) in [6, 6.07) is 2.02. The number of alkyl carbamates (subject to hydrolysis) is 1. The van der Waals surface area contributed by atoms with E-state index < -0.39 is 48.8 Å². The molecule has 3 amide bonds. The van der Waals surface area contributed by atoms with Crippen LogP contribution >= 0.6 is 0 Å². The average Bonchev–Trinajstić information content (AvgIpc) is 2.78. The number of hydrogen-bond acceptors (Lipinski definition) is 7. The highest BCUT2D eigenvalue weighted by Crippen LogP contribution is 2.28. The van der Waals surface area contributed by atoms with Crippen LogP contribution in [-0.2, 0) is 14.3 Å². The summed E-state index contributed by atoms with van der Waals surface area (Å²) in [6.07, 6.45) is 3.88. The first-order valence-corrected chi connectivity index (χ1v) is 12.1. The van der Waals surface area contributed by atoms with Gasteiger partial charge in [0, 0.05) is 12.6 Å². The van der Waals surface area contributed by atoms with Gasteiger partial charge in [0.1, 0.15) is 23.4 Å². The molecule has 0 spiro atoms. The number of aliphatic hydroxyl groups is 2. The van der Waals surface area contributed by atoms with Crippen molar-refractivity contribution in [3.05, 3.63) is 29.3 Å². The van der Waals surface area contributed by atoms with Crippen LogP contribution in [0.1, 0.15) is 70.0 Å². The maximum absolute atomic E-state index is 13.5. The molecule has 2 atom stereocenters. The van der Waals surface area contributed by atoms with Crippen LogP contribution in [-0.4, -0.2) is 75.6 Å². The summed E-state index contributed by atoms with van der Waals surface area (Å²) in [6.45, 7) is 5.28. The predicted molar refractivity (Wildman–Crippen MR) is 130 cm³/mol. The molecule has 1 fully saturated rings. The van der Waals surface area contributed by atoms with E-state index in [9.17, 15) is 29.7 Å². The van der Waals surface area contributed by atoms with Gasteiger partial charge >= 0.3 is 6.09 Å². The van der Waals surface area contributed by atoms with Crippen LogP contribution in [0.5, 0.6) is 5.75 Å². The van der Waals surface area contributed by atoms with Gasteiger partial charge in [-0.1, -0.05) is 25.3 Å². The highest BCUT2D eigenvalue weighted by molar-refractivity contribution is 5.92. The van der Waals surface area contributed by atoms with Crippen LogP contribution in [0, 0.1) is 6.92 Å². The van der Waals surface area contributed by atoms with Crippen molar-refractivity contribution in [1.82, 2.24) is 15.5 Å². The molecule has 0 radical (unpaired) electrons. The van der Waals surface area contributed by atoms with Crippen LogP contribution < -0.4 is 10.6 Å². The number of carbonyl (C=O) groups is 3. The quantitative estimate of drug-likeness (QED) is 0.353. The monoisotopic (exact) mass is 493 g/mol. The molecule has 0 saturated heterocycles. The highest BCUT2D eigenvalue weighted by atomic mass is 16.6. The second-order valence-electron chi connectivity index (χ2n) is 9.93. The number of amides is 3. The van der Waals surface area contributed by atoms with Gasteiger partial charge in [-0.2, -0.15) is 0 Å². The molecule has 35 heavy (non-hydrogen) atoms. The molecular weight excluding hydrogens is 454 g/mol. The lowest BCUT2D eigenvalue weighted by Gasteiger charge is -2.35. The third-order valence-electron chi connectivity index (χ3n) is 5.84. The van der Waals surface area contributed by atoms with Gasteiger partial charge in [0.25, 0.3) is 0 Å². The number of hydrogen-bond donors (Lipinski definition) is 5. The van der Waals surface area contributed by atoms with Gasteiger partial charge in [-0.05, 0) is 63.8 Å². The lowest BCUT2D eigenvalue weighted by Crippen LogP contribution is -2.55. The number of aryl methyl sites for hydroxylation is 1. The summed E-state index contributed by atoms with van der Waals surface area (Å²) < 4.78 is 5.19. The number of benzene rings is 1. The number of nitrogens with one attached hydrogen (secondary N) is 2. The van der Waals surface area contributed by atoms with Crippen molar-refractivity contribution in [2.45, 2.75) is 83.5 Å². The van der Waals surface area contributed by atoms with Crippen LogP contribution in [0.4, 0.5) is 4.79 Å². The van der Waals surface area contributed by atoms with Gasteiger partial charge < -0.3 is 35.6 Å². The molecule has 0 bridgehead atoms. The van der Waals surface area contributed by atoms with Crippen LogP contribution in [0.2, 0.25) is 0 Å². The molecule has 1 aliphatic carbocycles. The molecule has 2 unspecified atom stereocenters. The molecule has 196 valence electrons. The van der Waals surface area contributed by atoms with Crippen molar-refractivity contribution in [3.63, 3.8) is 0 Å². The molecule has 0 heterocycles. The van der Waals surface area contributed by atoms with Crippen molar-refractivity contribution in [2.24, 2.45) is 0 Å². The van der Waals surface area contributed by atoms with Crippen molar-refractivity contribution in [2.75, 3.05) is 19.8 Å². The molecule has 1 aromatic carbocycles. The Hall–Kier alpha value is -2.85. The van der Waals surface area contributed by atoms with Gasteiger partial charge in [-0.3, -0.25) is 9.59 Å². The molecule has 1 aromatic rings. The van der Waals surface area contributed by atoms with Crippen molar-refractivity contribution in [3.8, 4) is 5.75 Å². The number of carbonyl (C=O) groups excluding carboxylic acids is 3. The van der Waals surface area contributed by atoms with E-state index in [1.807, 2.05) is 0 Å². The Balaban J connectivity index is 2.38. The molecule has 0 aliphatic heterocycles. The van der Waals surface area contributed by atoms with Gasteiger partial charge in [0.2, 0.25) is 11.8 Å². The summed E-state index contributed by atoms with van der Waals surface area (Å²) in [5, 5.41) is 35.0. The molecule has 1 saturated carbocycles. The van der Waals surface area contributed by atoms with Gasteiger partial charge in [0.15, 0.2) is 0 Å². The number of nitrogens with zero attached hydrogens (tertiary/aromatic N) is 1. The Kier molecular flexibility index (Phi) is 10.3. The smallest absolute Gasteiger partial charge is 0.408 e. The molecular formula is C25H39N3O7. The first-order chi connectivity index (χ1) is 16.5. The van der Waals surface area contributed by atoms with E-state index in [2.05, 4.69) is 10.6 Å². The standard InChI is InChI=1S/C25H39N3O7/c1-16-14-17(10-11-20(16)31)21(22(32)26-18-8-6-5-7-9-18)28(12-13-29)23(33)19(15-30)27-24(34)35-25(2,3)4/h10-11,14,18-19,21,29-31H,5-9,12-13,15H2,1-4H3,(H,26,32)(H,27,34). The normalized spacial score (nSPS) is 16.2. The third kappa shape index (κ3) is 8.40. The van der Waals surface area contributed by atoms with E-state index in [1.165, 1.54) is 6.07 Å². The Morgan fingerprint density at radius 1 is 1.14 bits per heavy atom. The fourth-order valence-corrected chi connectivity index (χ4v) is 4.16. The summed E-state index contributed by atoms with van der Waals surface area (Å²) in [4.78, 5) is 40.4. The number of rotatable bonds is 9. The zero-order valence-electron chi connectivity index (χ0n) is 21.0. The third-order valence-corrected chi connectivity index (χ3v) is 5.84. The molecule has 5 N–H and O–H groups in total. The first-order valence-electron chi connectivity index (χ1n) is 12.1. The Labute approximate surface area is 206 Å². The maximum atomic E-state index is 13.5. The number of phenols is 1. The van der Waals surface area contributed by atoms with E-state index in [0.717, 1.165) is 37.0 Å². The highest BCUT2D eigenvalue weighted by Gasteiger charge is 2.36. The van der Waals surface area contributed by atoms with E-state index in [1.54, 1.807) is 39.8 Å². The minimum Gasteiger partial charge on any atom is -0.508 e. The minimum absolute atomic E-state index is 0.0310. The van der Waals surface area contributed by atoms with Crippen LogP contribution in [0.3, 0.4) is 0 Å². The Morgan fingerprint density at radius 2 is 1.80 bits per heavy atom. The van der Waals surface area contributed by atoms with Crippen LogP contribution in [0.25, 0.3) is 0 Å². The zero-order valence-corrected chi connectivity index (χ0v) is 21.0. The van der Waals surface area contributed by atoms with Crippen molar-refractivity contribution >= 4 is 17.9 Å². The number of phenolic OH excluding ortho intramolecular Hbond substituents is 1. The van der Waals surface area contributed by atoms with E-state index in [-0.39, 0.29) is 18.3 Å². The predicted octanol–water partition coefficient (Wildman–Crippen LogP) is 1.90. The van der Waals surface area contributed by atoms with Crippen LogP contribution in [0.15, 0.2) is 18.2 Å². The molecule has 10 heteroatoms. The zero-order chi connectivity index (χ0) is 26.2. The first kappa shape index (κ1) is 28.4. The van der Waals surface area contributed by atoms with E-state index in [0.29, 0.717) is 11.1 Å². The van der Waals surface area contributed by atoms with Crippen molar-refractivity contribution < 1.29 is 34.4 Å². The van der Waals surface area contributed by atoms with Gasteiger partial charge in [-0.15, -0.1) is 0 Å². The number of aliphatic hydroxyl groups excluding tert-OH is 2. The van der Waals surface area contributed by atoms with Crippen molar-refractivity contribution in [1.29, 1.82) is 0 Å². The Bertz CT molecular complexity index is 878. The van der Waals surface area contributed by atoms with E-state index >= 15 is 0 Å². The second kappa shape index (κ2) is 12.7. The molecule has 10 nitrogen and oxygen atoms in total. The largest absolute Gasteiger partial charge is 0.508 e. The van der Waals surface area contributed by atoms with Gasteiger partial charge in [0.05, 0.1) is 13.2 Å². The maximum Gasteiger partial charge on any atom is 0.408 e. The second-order valence-corrected chi connectivity index (χ2v) is 9.93. The fraction of sp³-hybridized carbons (Fsp3) is 0.640. The number of ether oxygens (including phenoxy) is 1. The summed E-state index contributed by atoms with van der Waals surface area (Å²) in [5.41, 5.74) is 0.133. The van der Waals surface area contributed by atoms with E-state index in [4.69, 9.17) is 4.74 Å². The topological polar surface area (TPSA) is 148 Å².